The Morgan fingerprint density at radius 1 is 0.756 bits per heavy atom. The molecule has 1 heterocycles. The summed E-state index contributed by atoms with van der Waals surface area (Å²) in [5, 5.41) is 14.5. The molecule has 0 spiro atoms. The van der Waals surface area contributed by atoms with Gasteiger partial charge in [-0.3, -0.25) is 10.1 Å². The zero-order valence-corrected chi connectivity index (χ0v) is 25.1. The topological polar surface area (TPSA) is 80.5 Å². The summed E-state index contributed by atoms with van der Waals surface area (Å²) in [5.74, 6) is 0.0492. The van der Waals surface area contributed by atoms with E-state index in [-0.39, 0.29) is 28.3 Å². The minimum Gasteiger partial charge on any atom is -0.259 e. The highest BCUT2D eigenvalue weighted by molar-refractivity contribution is 7.93. The van der Waals surface area contributed by atoms with Gasteiger partial charge in [0, 0.05) is 11.6 Å². The molecule has 0 amide bonds. The molecular formula is C34H36N2O4S. The first-order chi connectivity index (χ1) is 19.4. The number of nitrogens with zero attached hydrogens (tertiary/aromatic N) is 2. The van der Waals surface area contributed by atoms with Gasteiger partial charge in [-0.15, -0.1) is 0 Å². The first-order valence-electron chi connectivity index (χ1n) is 14.1. The molecule has 212 valence electrons. The predicted octanol–water partition coefficient (Wildman–Crippen LogP) is 8.78. The van der Waals surface area contributed by atoms with Crippen molar-refractivity contribution >= 4 is 32.6 Å². The lowest BCUT2D eigenvalue weighted by Crippen LogP contribution is -2.40. The lowest BCUT2D eigenvalue weighted by atomic mass is 9.89. The third kappa shape index (κ3) is 5.04. The van der Waals surface area contributed by atoms with Crippen LogP contribution in [0.5, 0.6) is 0 Å². The molecule has 4 aromatic carbocycles. The molecule has 1 atom stereocenters. The highest BCUT2D eigenvalue weighted by Gasteiger charge is 2.45. The molecule has 5 rings (SSSR count). The molecule has 6 nitrogen and oxygen atoms in total. The first kappa shape index (κ1) is 28.6. The van der Waals surface area contributed by atoms with Crippen molar-refractivity contribution in [1.82, 2.24) is 0 Å². The van der Waals surface area contributed by atoms with Crippen molar-refractivity contribution in [2.45, 2.75) is 70.2 Å². The second-order valence-electron chi connectivity index (χ2n) is 11.7. The summed E-state index contributed by atoms with van der Waals surface area (Å²) in [6.07, 6.45) is 1.51. The van der Waals surface area contributed by atoms with E-state index in [4.69, 9.17) is 0 Å². The van der Waals surface area contributed by atoms with Crippen molar-refractivity contribution in [3.63, 3.8) is 0 Å². The first-order valence-corrected chi connectivity index (χ1v) is 15.5. The van der Waals surface area contributed by atoms with Gasteiger partial charge in [0.25, 0.3) is 15.7 Å². The van der Waals surface area contributed by atoms with Gasteiger partial charge in [0.2, 0.25) is 0 Å². The number of benzene rings is 4. The summed E-state index contributed by atoms with van der Waals surface area (Å²) in [4.78, 5) is 12.4. The molecule has 0 saturated heterocycles. The van der Waals surface area contributed by atoms with Gasteiger partial charge in [0.05, 0.1) is 15.5 Å². The fourth-order valence-corrected chi connectivity index (χ4v) is 8.01. The van der Waals surface area contributed by atoms with Crippen LogP contribution in [-0.4, -0.2) is 13.3 Å². The smallest absolute Gasteiger partial charge is 0.259 e. The van der Waals surface area contributed by atoms with Crippen molar-refractivity contribution in [1.29, 1.82) is 0 Å². The molecule has 4 aromatic rings. The van der Waals surface area contributed by atoms with E-state index in [0.717, 1.165) is 27.5 Å². The minimum absolute atomic E-state index is 0.0827. The molecule has 0 fully saturated rings. The molecule has 1 aliphatic rings. The molecule has 0 unspecified atom stereocenters. The van der Waals surface area contributed by atoms with E-state index in [9.17, 15) is 10.1 Å². The SMILES string of the molecule is CC(C)c1cc(C(C)C)c(S(=O)(=O)N2c3ccccc3C=C([N+](=O)[O-])[C@@H]2c2ccc3ccccc3c2)c(C(C)C)c1. The fourth-order valence-electron chi connectivity index (χ4n) is 5.70. The Balaban J connectivity index is 1.86. The minimum atomic E-state index is -4.30. The van der Waals surface area contributed by atoms with Crippen LogP contribution in [0.3, 0.4) is 0 Å². The van der Waals surface area contributed by atoms with Gasteiger partial charge in [-0.25, -0.2) is 12.7 Å². The van der Waals surface area contributed by atoms with Crippen molar-refractivity contribution < 1.29 is 13.3 Å². The maximum absolute atomic E-state index is 15.2. The van der Waals surface area contributed by atoms with Gasteiger partial charge in [0.15, 0.2) is 6.04 Å². The lowest BCUT2D eigenvalue weighted by Gasteiger charge is -2.36. The summed E-state index contributed by atoms with van der Waals surface area (Å²) in [6, 6.07) is 23.1. The van der Waals surface area contributed by atoms with Crippen LogP contribution in [0.1, 0.15) is 93.2 Å². The Hall–Kier alpha value is -3.97. The van der Waals surface area contributed by atoms with E-state index in [1.807, 2.05) is 76.2 Å². The molecule has 0 aromatic heterocycles. The number of nitro groups is 1. The fraction of sp³-hybridized carbons (Fsp3) is 0.294. The van der Waals surface area contributed by atoms with Gasteiger partial charge < -0.3 is 0 Å². The van der Waals surface area contributed by atoms with Gasteiger partial charge >= 0.3 is 0 Å². The number of hydrogen-bond acceptors (Lipinski definition) is 4. The number of fused-ring (bicyclic) bond motifs is 2. The summed E-state index contributed by atoms with van der Waals surface area (Å²) in [7, 11) is -4.30. The van der Waals surface area contributed by atoms with E-state index in [0.29, 0.717) is 16.8 Å². The predicted molar refractivity (Wildman–Crippen MR) is 166 cm³/mol. The van der Waals surface area contributed by atoms with E-state index in [1.54, 1.807) is 30.3 Å². The number of rotatable bonds is 7. The maximum Gasteiger partial charge on any atom is 0.274 e. The molecule has 0 N–H and O–H groups in total. The maximum atomic E-state index is 15.2. The third-order valence-electron chi connectivity index (χ3n) is 7.89. The third-order valence-corrected chi connectivity index (χ3v) is 9.80. The molecule has 0 saturated carbocycles. The molecule has 41 heavy (non-hydrogen) atoms. The van der Waals surface area contributed by atoms with E-state index < -0.39 is 21.0 Å². The van der Waals surface area contributed by atoms with Crippen LogP contribution in [0.2, 0.25) is 0 Å². The van der Waals surface area contributed by atoms with Crippen LogP contribution in [0, 0.1) is 10.1 Å². The lowest BCUT2D eigenvalue weighted by molar-refractivity contribution is -0.428. The Kier molecular flexibility index (Phi) is 7.51. The van der Waals surface area contributed by atoms with Crippen LogP contribution in [-0.2, 0) is 10.0 Å². The molecule has 1 aliphatic heterocycles. The Bertz CT molecular complexity index is 1760. The molecule has 0 aliphatic carbocycles. The highest BCUT2D eigenvalue weighted by atomic mass is 32.2. The second-order valence-corrected chi connectivity index (χ2v) is 13.4. The standard InChI is InChI=1S/C34H36N2O4S/c1-21(2)28-18-29(22(3)4)34(30(19-28)23(5)6)41(39,40)35-31-14-10-9-13-26(31)20-32(36(37)38)33(35)27-16-15-24-11-7-8-12-25(24)17-27/h7-23,33H,1-6H3/t33-/m0/s1. The van der Waals surface area contributed by atoms with E-state index in [1.165, 1.54) is 10.4 Å². The van der Waals surface area contributed by atoms with Gasteiger partial charge in [-0.2, -0.15) is 0 Å². The van der Waals surface area contributed by atoms with Crippen molar-refractivity contribution in [3.8, 4) is 0 Å². The summed E-state index contributed by atoms with van der Waals surface area (Å²) in [6.45, 7) is 12.2. The summed E-state index contributed by atoms with van der Waals surface area (Å²) >= 11 is 0. The van der Waals surface area contributed by atoms with E-state index in [2.05, 4.69) is 13.8 Å². The number of anilines is 1. The second kappa shape index (κ2) is 10.8. The average Bonchev–Trinajstić information content (AvgIpc) is 2.94. The zero-order valence-electron chi connectivity index (χ0n) is 24.3. The summed E-state index contributed by atoms with van der Waals surface area (Å²) < 4.78 is 31.6. The number of para-hydroxylation sites is 1. The molecule has 0 bridgehead atoms. The Morgan fingerprint density at radius 3 is 1.93 bits per heavy atom. The van der Waals surface area contributed by atoms with Crippen molar-refractivity contribution in [2.24, 2.45) is 0 Å². The summed E-state index contributed by atoms with van der Waals surface area (Å²) in [5.41, 5.74) is 3.81. The largest absolute Gasteiger partial charge is 0.274 e. The van der Waals surface area contributed by atoms with Gasteiger partial charge in [0.1, 0.15) is 0 Å². The monoisotopic (exact) mass is 568 g/mol. The normalized spacial score (nSPS) is 15.5. The van der Waals surface area contributed by atoms with Crippen LogP contribution >= 0.6 is 0 Å². The Labute approximate surface area is 242 Å². The van der Waals surface area contributed by atoms with Gasteiger partial charge in [-0.05, 0) is 62.9 Å². The molecule has 7 heteroatoms. The van der Waals surface area contributed by atoms with E-state index >= 15 is 8.42 Å². The zero-order chi connectivity index (χ0) is 29.6. The molecular weight excluding hydrogens is 532 g/mol. The number of sulfonamides is 1. The molecule has 0 radical (unpaired) electrons. The van der Waals surface area contributed by atoms with Crippen LogP contribution in [0.25, 0.3) is 16.8 Å². The number of hydrogen-bond donors (Lipinski definition) is 0. The van der Waals surface area contributed by atoms with Gasteiger partial charge in [-0.1, -0.05) is 108 Å². The quantitative estimate of drug-likeness (QED) is 0.165. The van der Waals surface area contributed by atoms with Crippen LogP contribution < -0.4 is 4.31 Å². The van der Waals surface area contributed by atoms with Crippen molar-refractivity contribution in [2.75, 3.05) is 4.31 Å². The average molecular weight is 569 g/mol. The van der Waals surface area contributed by atoms with Crippen molar-refractivity contribution in [3.05, 3.63) is 122 Å². The van der Waals surface area contributed by atoms with Crippen LogP contribution in [0.15, 0.2) is 89.5 Å². The Morgan fingerprint density at radius 2 is 1.34 bits per heavy atom. The highest BCUT2D eigenvalue weighted by Crippen LogP contribution is 2.47. The van der Waals surface area contributed by atoms with Crippen LogP contribution in [0.4, 0.5) is 5.69 Å².